The summed E-state index contributed by atoms with van der Waals surface area (Å²) in [6.45, 7) is 4.00. The van der Waals surface area contributed by atoms with Crippen LogP contribution in [0.1, 0.15) is 35.6 Å². The summed E-state index contributed by atoms with van der Waals surface area (Å²) in [6.07, 6.45) is 0. The van der Waals surface area contributed by atoms with Gasteiger partial charge >= 0.3 is 0 Å². The van der Waals surface area contributed by atoms with Crippen molar-refractivity contribution in [2.45, 2.75) is 35.6 Å². The first-order chi connectivity index (χ1) is 5.29. The SMILES string of the molecule is C.C.CC(=O)N(C)C(C)=O.CC(N)=O. The van der Waals surface area contributed by atoms with Gasteiger partial charge in [0.1, 0.15) is 0 Å². The number of imide groups is 1. The van der Waals surface area contributed by atoms with Gasteiger partial charge in [-0.15, -0.1) is 0 Å². The second-order valence-electron chi connectivity index (χ2n) is 2.21. The monoisotopic (exact) mass is 206 g/mol. The molecule has 0 aliphatic heterocycles. The highest BCUT2D eigenvalue weighted by atomic mass is 16.2. The topological polar surface area (TPSA) is 80.5 Å². The predicted octanol–water partition coefficient (Wildman–Crippen LogP) is 0.775. The highest BCUT2D eigenvalue weighted by Crippen LogP contribution is 1.81. The number of carbonyl (C=O) groups excluding carboxylic acids is 3. The Morgan fingerprint density at radius 3 is 1.07 bits per heavy atom. The molecule has 14 heavy (non-hydrogen) atoms. The summed E-state index contributed by atoms with van der Waals surface area (Å²) in [6, 6.07) is 0. The Morgan fingerprint density at radius 2 is 1.07 bits per heavy atom. The number of rotatable bonds is 0. The number of amides is 3. The number of hydrogen-bond donors (Lipinski definition) is 1. The lowest BCUT2D eigenvalue weighted by molar-refractivity contribution is -0.140. The Bertz CT molecular complexity index is 172. The van der Waals surface area contributed by atoms with Crippen LogP contribution in [0.5, 0.6) is 0 Å². The van der Waals surface area contributed by atoms with E-state index in [-0.39, 0.29) is 32.6 Å². The van der Waals surface area contributed by atoms with Crippen LogP contribution in [-0.2, 0) is 14.4 Å². The molecule has 0 bridgehead atoms. The van der Waals surface area contributed by atoms with Crippen LogP contribution in [0.15, 0.2) is 0 Å². The lowest BCUT2D eigenvalue weighted by Gasteiger charge is -2.07. The molecule has 2 N–H and O–H groups in total. The minimum Gasteiger partial charge on any atom is -0.370 e. The van der Waals surface area contributed by atoms with Crippen LogP contribution in [0, 0.1) is 0 Å². The Hall–Kier alpha value is -1.39. The third-order valence-electron chi connectivity index (χ3n) is 0.945. The van der Waals surface area contributed by atoms with E-state index in [1.807, 2.05) is 0 Å². The maximum Gasteiger partial charge on any atom is 0.225 e. The summed E-state index contributed by atoms with van der Waals surface area (Å²) in [5.41, 5.74) is 4.47. The predicted molar refractivity (Wildman–Crippen MR) is 57.5 cm³/mol. The Kier molecular flexibility index (Phi) is 19.0. The van der Waals surface area contributed by atoms with E-state index in [4.69, 9.17) is 0 Å². The summed E-state index contributed by atoms with van der Waals surface area (Å²) in [5, 5.41) is 0. The minimum atomic E-state index is -0.333. The minimum absolute atomic E-state index is 0. The fourth-order valence-corrected chi connectivity index (χ4v) is 0.222. The number of primary amides is 1. The number of carbonyl (C=O) groups is 3. The molecule has 0 aliphatic rings. The molecule has 3 amide bonds. The van der Waals surface area contributed by atoms with Gasteiger partial charge in [0, 0.05) is 27.8 Å². The van der Waals surface area contributed by atoms with Gasteiger partial charge in [-0.1, -0.05) is 14.9 Å². The maximum absolute atomic E-state index is 10.3. The van der Waals surface area contributed by atoms with Crippen molar-refractivity contribution in [1.82, 2.24) is 4.90 Å². The van der Waals surface area contributed by atoms with Gasteiger partial charge in [0.25, 0.3) is 0 Å². The normalized spacial score (nSPS) is 6.57. The summed E-state index contributed by atoms with van der Waals surface area (Å²) in [7, 11) is 1.45. The van der Waals surface area contributed by atoms with E-state index in [9.17, 15) is 14.4 Å². The number of hydrogen-bond acceptors (Lipinski definition) is 3. The first kappa shape index (κ1) is 22.9. The van der Waals surface area contributed by atoms with Gasteiger partial charge in [-0.3, -0.25) is 19.3 Å². The van der Waals surface area contributed by atoms with Crippen LogP contribution in [0.3, 0.4) is 0 Å². The molecule has 0 unspecified atom stereocenters. The zero-order chi connectivity index (χ0) is 10.3. The van der Waals surface area contributed by atoms with Crippen LogP contribution in [0.2, 0.25) is 0 Å². The molecule has 5 heteroatoms. The van der Waals surface area contributed by atoms with Gasteiger partial charge in [0.05, 0.1) is 0 Å². The molecule has 0 aliphatic carbocycles. The maximum atomic E-state index is 10.3. The lowest BCUT2D eigenvalue weighted by Crippen LogP contribution is -2.28. The first-order valence-corrected chi connectivity index (χ1v) is 3.30. The molecule has 0 rings (SSSR count). The lowest BCUT2D eigenvalue weighted by atomic mass is 10.5. The van der Waals surface area contributed by atoms with Gasteiger partial charge in [0.2, 0.25) is 17.7 Å². The van der Waals surface area contributed by atoms with E-state index >= 15 is 0 Å². The summed E-state index contributed by atoms with van der Waals surface area (Å²) in [4.78, 5) is 30.9. The molecule has 5 nitrogen and oxygen atoms in total. The molecule has 0 radical (unpaired) electrons. The van der Waals surface area contributed by atoms with Crippen molar-refractivity contribution < 1.29 is 14.4 Å². The number of nitrogens with two attached hydrogens (primary N) is 1. The second-order valence-corrected chi connectivity index (χ2v) is 2.21. The molecule has 0 spiro atoms. The molecule has 0 saturated carbocycles. The Balaban J connectivity index is -0.0000000733. The Morgan fingerprint density at radius 1 is 0.929 bits per heavy atom. The average Bonchev–Trinajstić information content (AvgIpc) is 1.84. The van der Waals surface area contributed by atoms with Gasteiger partial charge < -0.3 is 5.73 Å². The van der Waals surface area contributed by atoms with Crippen molar-refractivity contribution in [3.63, 3.8) is 0 Å². The van der Waals surface area contributed by atoms with Crippen molar-refractivity contribution in [3.05, 3.63) is 0 Å². The standard InChI is InChI=1S/C5H9NO2.C2H5NO.2CH4/c1-4(7)6(3)5(2)8;1-2(3)4;;/h1-3H3;1H3,(H2,3,4);2*1H4. The van der Waals surface area contributed by atoms with Crippen molar-refractivity contribution in [2.24, 2.45) is 5.73 Å². The zero-order valence-corrected chi connectivity index (χ0v) is 7.75. The van der Waals surface area contributed by atoms with Crippen LogP contribution >= 0.6 is 0 Å². The van der Waals surface area contributed by atoms with Crippen LogP contribution < -0.4 is 5.73 Å². The highest BCUT2D eigenvalue weighted by Gasteiger charge is 2.04. The summed E-state index contributed by atoms with van der Waals surface area (Å²) >= 11 is 0. The van der Waals surface area contributed by atoms with Crippen molar-refractivity contribution >= 4 is 17.7 Å². The molecule has 0 aromatic rings. The Labute approximate surface area is 86.3 Å². The fraction of sp³-hybridized carbons (Fsp3) is 0.667. The van der Waals surface area contributed by atoms with E-state index in [0.717, 1.165) is 4.90 Å². The second kappa shape index (κ2) is 11.6. The molecular formula is C9H22N2O3. The first-order valence-electron chi connectivity index (χ1n) is 3.30. The number of nitrogens with zero attached hydrogens (tertiary/aromatic N) is 1. The molecule has 0 atom stereocenters. The van der Waals surface area contributed by atoms with Crippen molar-refractivity contribution in [1.29, 1.82) is 0 Å². The van der Waals surface area contributed by atoms with E-state index in [1.54, 1.807) is 0 Å². The average molecular weight is 206 g/mol. The smallest absolute Gasteiger partial charge is 0.225 e. The molecule has 0 heterocycles. The van der Waals surface area contributed by atoms with Crippen molar-refractivity contribution in [3.8, 4) is 0 Å². The van der Waals surface area contributed by atoms with Gasteiger partial charge in [0.15, 0.2) is 0 Å². The highest BCUT2D eigenvalue weighted by molar-refractivity contribution is 5.92. The fourth-order valence-electron chi connectivity index (χ4n) is 0.222. The molecular weight excluding hydrogens is 184 g/mol. The molecule has 0 fully saturated rings. The summed E-state index contributed by atoms with van der Waals surface area (Å²) < 4.78 is 0. The van der Waals surface area contributed by atoms with Crippen LogP contribution in [0.25, 0.3) is 0 Å². The van der Waals surface area contributed by atoms with Gasteiger partial charge in [-0.05, 0) is 0 Å². The van der Waals surface area contributed by atoms with Crippen LogP contribution in [0.4, 0.5) is 0 Å². The third kappa shape index (κ3) is 22.4. The largest absolute Gasteiger partial charge is 0.370 e. The van der Waals surface area contributed by atoms with Gasteiger partial charge in [-0.2, -0.15) is 0 Å². The summed E-state index contributed by atoms with van der Waals surface area (Å²) in [5.74, 6) is -0.782. The van der Waals surface area contributed by atoms with E-state index < -0.39 is 0 Å². The third-order valence-corrected chi connectivity index (χ3v) is 0.945. The molecule has 0 aromatic heterocycles. The van der Waals surface area contributed by atoms with E-state index in [0.29, 0.717) is 0 Å². The zero-order valence-electron chi connectivity index (χ0n) is 7.75. The molecule has 86 valence electrons. The van der Waals surface area contributed by atoms with Crippen molar-refractivity contribution in [2.75, 3.05) is 7.05 Å². The van der Waals surface area contributed by atoms with Gasteiger partial charge in [-0.25, -0.2) is 0 Å². The quantitative estimate of drug-likeness (QED) is 0.635. The molecule has 0 aromatic carbocycles. The van der Waals surface area contributed by atoms with E-state index in [2.05, 4.69) is 5.73 Å². The molecule has 0 saturated heterocycles. The van der Waals surface area contributed by atoms with Crippen LogP contribution in [-0.4, -0.2) is 29.7 Å². The van der Waals surface area contributed by atoms with E-state index in [1.165, 1.54) is 27.8 Å².